The average molecular weight is 193 g/mol. The average Bonchev–Trinajstić information content (AvgIpc) is 2.17. The molecule has 0 aromatic heterocycles. The largest absolute Gasteiger partial charge is 0.494 e. The minimum Gasteiger partial charge on any atom is -0.494 e. The molecule has 0 atom stereocenters. The van der Waals surface area contributed by atoms with E-state index in [0.717, 1.165) is 36.3 Å². The van der Waals surface area contributed by atoms with Crippen LogP contribution in [-0.4, -0.2) is 11.7 Å². The number of aliphatic hydroxyl groups is 1. The molecule has 0 fully saturated rings. The summed E-state index contributed by atoms with van der Waals surface area (Å²) in [4.78, 5) is 0. The van der Waals surface area contributed by atoms with Crippen LogP contribution in [0.1, 0.15) is 30.9 Å². The van der Waals surface area contributed by atoms with E-state index < -0.39 is 0 Å². The molecule has 14 heavy (non-hydrogen) atoms. The van der Waals surface area contributed by atoms with Crippen molar-refractivity contribution >= 4 is 0 Å². The van der Waals surface area contributed by atoms with E-state index in [2.05, 4.69) is 13.8 Å². The molecule has 77 valence electrons. The maximum Gasteiger partial charge on any atom is 0.119 e. The molecule has 1 N–H and O–H groups in total. The summed E-state index contributed by atoms with van der Waals surface area (Å²) in [6.45, 7) is 6.71. The molecule has 1 aromatic rings. The zero-order chi connectivity index (χ0) is 10.4. The van der Waals surface area contributed by atoms with Crippen molar-refractivity contribution < 1.29 is 9.84 Å². The van der Waals surface area contributed by atoms with Crippen molar-refractivity contribution in [3.05, 3.63) is 36.2 Å². The predicted octanol–water partition coefficient (Wildman–Crippen LogP) is 2.54. The third-order valence-corrected chi connectivity index (χ3v) is 1.98. The lowest BCUT2D eigenvalue weighted by Gasteiger charge is -2.07. The fourth-order valence-corrected chi connectivity index (χ4v) is 1.24. The van der Waals surface area contributed by atoms with Crippen molar-refractivity contribution in [2.75, 3.05) is 6.61 Å². The summed E-state index contributed by atoms with van der Waals surface area (Å²) < 4.78 is 5.52. The Kier molecular flexibility index (Phi) is 4.47. The van der Waals surface area contributed by atoms with Gasteiger partial charge in [0.25, 0.3) is 0 Å². The molecule has 0 aliphatic carbocycles. The molecule has 1 radical (unpaired) electrons. The van der Waals surface area contributed by atoms with Crippen molar-refractivity contribution in [3.63, 3.8) is 0 Å². The molecular formula is C12H17O2. The molecule has 0 spiro atoms. The van der Waals surface area contributed by atoms with Crippen LogP contribution >= 0.6 is 0 Å². The van der Waals surface area contributed by atoms with Gasteiger partial charge in [-0.05, 0) is 36.6 Å². The van der Waals surface area contributed by atoms with Gasteiger partial charge in [0.15, 0.2) is 0 Å². The van der Waals surface area contributed by atoms with Gasteiger partial charge in [0, 0.05) is 0 Å². The fourth-order valence-electron chi connectivity index (χ4n) is 1.24. The van der Waals surface area contributed by atoms with Gasteiger partial charge in [-0.3, -0.25) is 0 Å². The van der Waals surface area contributed by atoms with Gasteiger partial charge in [-0.2, -0.15) is 0 Å². The van der Waals surface area contributed by atoms with Gasteiger partial charge in [-0.25, -0.2) is 0 Å². The first-order chi connectivity index (χ1) is 6.76. The summed E-state index contributed by atoms with van der Waals surface area (Å²) in [5.74, 6) is 0.801. The standard InChI is InChI=1S/C12H17O2/c1-3-4-5-14-12-7-10(2)6-11(8-12)9-13/h6-8,13H,2-5,9H2,1H3. The van der Waals surface area contributed by atoms with E-state index in [4.69, 9.17) is 9.84 Å². The van der Waals surface area contributed by atoms with E-state index in [1.165, 1.54) is 0 Å². The van der Waals surface area contributed by atoms with E-state index in [1.54, 1.807) is 0 Å². The zero-order valence-electron chi connectivity index (χ0n) is 8.62. The summed E-state index contributed by atoms with van der Waals surface area (Å²) in [5.41, 5.74) is 1.73. The third kappa shape index (κ3) is 3.38. The number of benzene rings is 1. The lowest BCUT2D eigenvalue weighted by molar-refractivity contribution is 0.278. The number of aliphatic hydroxyl groups excluding tert-OH is 1. The first kappa shape index (κ1) is 11.1. The van der Waals surface area contributed by atoms with E-state index in [0.29, 0.717) is 0 Å². The van der Waals surface area contributed by atoms with Crippen LogP contribution in [0.4, 0.5) is 0 Å². The smallest absolute Gasteiger partial charge is 0.119 e. The van der Waals surface area contributed by atoms with Gasteiger partial charge in [0.05, 0.1) is 13.2 Å². The third-order valence-electron chi connectivity index (χ3n) is 1.98. The highest BCUT2D eigenvalue weighted by atomic mass is 16.5. The van der Waals surface area contributed by atoms with E-state index in [9.17, 15) is 0 Å². The number of ether oxygens (including phenoxy) is 1. The second kappa shape index (κ2) is 5.66. The molecule has 0 unspecified atom stereocenters. The Balaban J connectivity index is 2.62. The number of hydrogen-bond acceptors (Lipinski definition) is 2. The minimum absolute atomic E-state index is 0.0352. The number of rotatable bonds is 5. The normalized spacial score (nSPS) is 10.2. The Hall–Kier alpha value is -1.02. The van der Waals surface area contributed by atoms with Gasteiger partial charge in [-0.1, -0.05) is 19.4 Å². The highest BCUT2D eigenvalue weighted by Crippen LogP contribution is 2.17. The first-order valence-corrected chi connectivity index (χ1v) is 4.96. The molecule has 2 heteroatoms. The van der Waals surface area contributed by atoms with Crippen molar-refractivity contribution in [2.24, 2.45) is 0 Å². The maximum atomic E-state index is 8.97. The SMILES string of the molecule is [CH2]c1cc(CO)cc(OCCCC)c1. The monoisotopic (exact) mass is 193 g/mol. The lowest BCUT2D eigenvalue weighted by Crippen LogP contribution is -1.97. The van der Waals surface area contributed by atoms with Gasteiger partial charge in [-0.15, -0.1) is 0 Å². The summed E-state index contributed by atoms with van der Waals surface area (Å²) in [7, 11) is 0. The highest BCUT2D eigenvalue weighted by molar-refractivity contribution is 5.35. The van der Waals surface area contributed by atoms with Gasteiger partial charge < -0.3 is 9.84 Å². The van der Waals surface area contributed by atoms with Crippen LogP contribution in [0.2, 0.25) is 0 Å². The minimum atomic E-state index is 0.0352. The summed E-state index contributed by atoms with van der Waals surface area (Å²) in [5, 5.41) is 8.97. The molecule has 0 amide bonds. The van der Waals surface area contributed by atoms with Crippen LogP contribution in [0, 0.1) is 6.92 Å². The second-order valence-corrected chi connectivity index (χ2v) is 3.35. The van der Waals surface area contributed by atoms with Crippen LogP contribution < -0.4 is 4.74 Å². The maximum absolute atomic E-state index is 8.97. The molecule has 2 nitrogen and oxygen atoms in total. The van der Waals surface area contributed by atoms with Crippen LogP contribution in [0.15, 0.2) is 18.2 Å². The molecule has 0 aliphatic heterocycles. The predicted molar refractivity (Wildman–Crippen MR) is 57.2 cm³/mol. The summed E-state index contributed by atoms with van der Waals surface area (Å²) >= 11 is 0. The van der Waals surface area contributed by atoms with Gasteiger partial charge in [0.2, 0.25) is 0 Å². The number of unbranched alkanes of at least 4 members (excludes halogenated alkanes) is 1. The molecular weight excluding hydrogens is 176 g/mol. The first-order valence-electron chi connectivity index (χ1n) is 4.96. The van der Waals surface area contributed by atoms with Crippen molar-refractivity contribution in [3.8, 4) is 5.75 Å². The van der Waals surface area contributed by atoms with Gasteiger partial charge in [0.1, 0.15) is 5.75 Å². The molecule has 0 heterocycles. The van der Waals surface area contributed by atoms with Gasteiger partial charge >= 0.3 is 0 Å². The Morgan fingerprint density at radius 3 is 2.79 bits per heavy atom. The Morgan fingerprint density at radius 2 is 2.14 bits per heavy atom. The lowest BCUT2D eigenvalue weighted by atomic mass is 10.1. The molecule has 1 aromatic carbocycles. The van der Waals surface area contributed by atoms with E-state index in [-0.39, 0.29) is 6.61 Å². The van der Waals surface area contributed by atoms with Crippen molar-refractivity contribution in [1.82, 2.24) is 0 Å². The number of hydrogen-bond donors (Lipinski definition) is 1. The quantitative estimate of drug-likeness (QED) is 0.728. The molecule has 0 saturated carbocycles. The fraction of sp³-hybridized carbons (Fsp3) is 0.417. The zero-order valence-corrected chi connectivity index (χ0v) is 8.62. The van der Waals surface area contributed by atoms with Crippen molar-refractivity contribution in [2.45, 2.75) is 26.4 Å². The Labute approximate surface area is 85.5 Å². The van der Waals surface area contributed by atoms with Crippen molar-refractivity contribution in [1.29, 1.82) is 0 Å². The van der Waals surface area contributed by atoms with Crippen LogP contribution in [0.25, 0.3) is 0 Å². The van der Waals surface area contributed by atoms with Crippen LogP contribution in [0.5, 0.6) is 5.75 Å². The summed E-state index contributed by atoms with van der Waals surface area (Å²) in [6.07, 6.45) is 2.17. The van der Waals surface area contributed by atoms with Crippen LogP contribution in [-0.2, 0) is 6.61 Å². The molecule has 1 rings (SSSR count). The Bertz CT molecular complexity index is 282. The summed E-state index contributed by atoms with van der Waals surface area (Å²) in [6, 6.07) is 5.59. The van der Waals surface area contributed by atoms with E-state index in [1.807, 2.05) is 18.2 Å². The van der Waals surface area contributed by atoms with E-state index >= 15 is 0 Å². The second-order valence-electron chi connectivity index (χ2n) is 3.35. The topological polar surface area (TPSA) is 29.5 Å². The highest BCUT2D eigenvalue weighted by Gasteiger charge is 1.98. The Morgan fingerprint density at radius 1 is 1.36 bits per heavy atom. The molecule has 0 bridgehead atoms. The van der Waals surface area contributed by atoms with Crippen LogP contribution in [0.3, 0.4) is 0 Å². The molecule has 0 saturated heterocycles. The molecule has 0 aliphatic rings.